The van der Waals surface area contributed by atoms with Gasteiger partial charge in [-0.05, 0) is 24.1 Å². The van der Waals surface area contributed by atoms with Crippen LogP contribution in [0.5, 0.6) is 0 Å². The van der Waals surface area contributed by atoms with Crippen molar-refractivity contribution < 1.29 is 9.18 Å². The molecule has 1 aromatic heterocycles. The Bertz CT molecular complexity index is 704. The molecule has 110 valence electrons. The van der Waals surface area contributed by atoms with Crippen molar-refractivity contribution in [1.82, 2.24) is 5.32 Å². The Morgan fingerprint density at radius 1 is 1.38 bits per heavy atom. The summed E-state index contributed by atoms with van der Waals surface area (Å²) in [6, 6.07) is 6.28. The van der Waals surface area contributed by atoms with Gasteiger partial charge in [0.25, 0.3) is 5.91 Å². The monoisotopic (exact) mass is 361 g/mol. The number of hydrogen-bond acceptors (Lipinski definition) is 3. The number of fused-ring (bicyclic) bond motifs is 1. The van der Waals surface area contributed by atoms with Gasteiger partial charge in [-0.15, -0.1) is 23.1 Å². The molecule has 2 aromatic rings. The Kier molecular flexibility index (Phi) is 4.45. The number of amides is 1. The van der Waals surface area contributed by atoms with Crippen molar-refractivity contribution in [3.8, 4) is 0 Å². The van der Waals surface area contributed by atoms with E-state index >= 15 is 0 Å². The van der Waals surface area contributed by atoms with Crippen LogP contribution in [0.1, 0.15) is 28.4 Å². The molecule has 0 saturated heterocycles. The van der Waals surface area contributed by atoms with Gasteiger partial charge in [0.05, 0.1) is 15.9 Å². The normalized spacial score (nSPS) is 17.4. The third kappa shape index (κ3) is 3.06. The molecule has 1 N–H and O–H groups in total. The first-order chi connectivity index (χ1) is 10.1. The van der Waals surface area contributed by atoms with Gasteiger partial charge in [0.1, 0.15) is 10.2 Å². The molecule has 2 nitrogen and oxygen atoms in total. The minimum absolute atomic E-state index is 0.209. The van der Waals surface area contributed by atoms with Crippen LogP contribution in [0.15, 0.2) is 29.2 Å². The maximum atomic E-state index is 13.8. The van der Waals surface area contributed by atoms with Crippen molar-refractivity contribution in [2.75, 3.05) is 5.75 Å². The second-order valence-electron chi connectivity index (χ2n) is 4.56. The molecule has 7 heteroatoms. The van der Waals surface area contributed by atoms with Crippen molar-refractivity contribution in [3.63, 3.8) is 0 Å². The number of thioether (sulfide) groups is 1. The van der Waals surface area contributed by atoms with E-state index in [2.05, 4.69) is 5.32 Å². The van der Waals surface area contributed by atoms with Crippen molar-refractivity contribution in [2.45, 2.75) is 17.4 Å². The molecular formula is C14H10Cl2FNOS2. The second-order valence-corrected chi connectivity index (χ2v) is 7.95. The SMILES string of the molecule is O=C(NC1CCSc2c(F)cccc21)c1cc(Cl)sc1Cl. The number of rotatable bonds is 2. The number of halogens is 3. The lowest BCUT2D eigenvalue weighted by molar-refractivity contribution is 0.0935. The van der Waals surface area contributed by atoms with Gasteiger partial charge in [0.15, 0.2) is 0 Å². The van der Waals surface area contributed by atoms with Crippen LogP contribution in [0.2, 0.25) is 8.67 Å². The third-order valence-electron chi connectivity index (χ3n) is 3.23. The number of thiophene rings is 1. The van der Waals surface area contributed by atoms with Gasteiger partial charge in [0.2, 0.25) is 0 Å². The number of benzene rings is 1. The lowest BCUT2D eigenvalue weighted by Gasteiger charge is -2.26. The smallest absolute Gasteiger partial charge is 0.254 e. The van der Waals surface area contributed by atoms with E-state index in [1.165, 1.54) is 17.8 Å². The molecule has 3 rings (SSSR count). The third-order valence-corrected chi connectivity index (χ3v) is 5.88. The van der Waals surface area contributed by atoms with Crippen LogP contribution in [0.25, 0.3) is 0 Å². The van der Waals surface area contributed by atoms with Crippen LogP contribution < -0.4 is 5.32 Å². The van der Waals surface area contributed by atoms with Crippen molar-refractivity contribution in [1.29, 1.82) is 0 Å². The van der Waals surface area contributed by atoms with E-state index in [0.29, 0.717) is 19.1 Å². The Hall–Kier alpha value is -0.750. The summed E-state index contributed by atoms with van der Waals surface area (Å²) in [7, 11) is 0. The highest BCUT2D eigenvalue weighted by molar-refractivity contribution is 7.99. The largest absolute Gasteiger partial charge is 0.345 e. The predicted molar refractivity (Wildman–Crippen MR) is 86.3 cm³/mol. The van der Waals surface area contributed by atoms with E-state index in [1.54, 1.807) is 12.1 Å². The highest BCUT2D eigenvalue weighted by Gasteiger charge is 2.25. The molecule has 0 aliphatic carbocycles. The van der Waals surface area contributed by atoms with E-state index in [0.717, 1.165) is 29.1 Å². The molecule has 1 aliphatic rings. The fourth-order valence-electron chi connectivity index (χ4n) is 2.27. The molecule has 1 amide bonds. The number of nitrogens with one attached hydrogen (secondary N) is 1. The van der Waals surface area contributed by atoms with Gasteiger partial charge < -0.3 is 5.32 Å². The van der Waals surface area contributed by atoms with Gasteiger partial charge in [-0.1, -0.05) is 35.3 Å². The van der Waals surface area contributed by atoms with Gasteiger partial charge in [-0.3, -0.25) is 4.79 Å². The van der Waals surface area contributed by atoms with Crippen LogP contribution in [0, 0.1) is 5.82 Å². The molecule has 1 unspecified atom stereocenters. The van der Waals surface area contributed by atoms with E-state index in [-0.39, 0.29) is 17.8 Å². The summed E-state index contributed by atoms with van der Waals surface area (Å²) in [5.41, 5.74) is 1.18. The van der Waals surface area contributed by atoms with E-state index in [4.69, 9.17) is 23.2 Å². The lowest BCUT2D eigenvalue weighted by Crippen LogP contribution is -2.30. The highest BCUT2D eigenvalue weighted by Crippen LogP contribution is 2.38. The Morgan fingerprint density at radius 3 is 2.90 bits per heavy atom. The van der Waals surface area contributed by atoms with Gasteiger partial charge in [0, 0.05) is 10.6 Å². The summed E-state index contributed by atoms with van der Waals surface area (Å²) in [5.74, 6) is 0.236. The molecule has 21 heavy (non-hydrogen) atoms. The maximum Gasteiger partial charge on any atom is 0.254 e. The van der Waals surface area contributed by atoms with Crippen LogP contribution in [0.4, 0.5) is 4.39 Å². The zero-order valence-corrected chi connectivity index (χ0v) is 13.8. The summed E-state index contributed by atoms with van der Waals surface area (Å²) >= 11 is 14.5. The molecule has 0 radical (unpaired) electrons. The Morgan fingerprint density at radius 2 is 2.19 bits per heavy atom. The molecule has 1 aliphatic heterocycles. The standard InChI is InChI=1S/C14H10Cl2FNOS2/c15-11-6-8(13(16)21-11)14(19)18-10-4-5-20-12-7(10)2-1-3-9(12)17/h1-3,6,10H,4-5H2,(H,18,19). The number of hydrogen-bond donors (Lipinski definition) is 1. The summed E-state index contributed by atoms with van der Waals surface area (Å²) in [6.07, 6.45) is 0.752. The fraction of sp³-hybridized carbons (Fsp3) is 0.214. The topological polar surface area (TPSA) is 29.1 Å². The van der Waals surface area contributed by atoms with Crippen LogP contribution >= 0.6 is 46.3 Å². The van der Waals surface area contributed by atoms with Crippen molar-refractivity contribution in [3.05, 3.63) is 49.9 Å². The Labute approximate surface area is 139 Å². The number of carbonyl (C=O) groups excluding carboxylic acids is 1. The Balaban J connectivity index is 1.85. The van der Waals surface area contributed by atoms with Crippen molar-refractivity contribution in [2.24, 2.45) is 0 Å². The molecule has 0 fully saturated rings. The molecule has 1 atom stereocenters. The zero-order valence-electron chi connectivity index (χ0n) is 10.7. The predicted octanol–water partition coefficient (Wildman–Crippen LogP) is 5.16. The van der Waals surface area contributed by atoms with Crippen LogP contribution in [-0.4, -0.2) is 11.7 Å². The fourth-order valence-corrected chi connectivity index (χ4v) is 4.87. The first-order valence-electron chi connectivity index (χ1n) is 6.23. The molecule has 0 spiro atoms. The van der Waals surface area contributed by atoms with E-state index < -0.39 is 0 Å². The van der Waals surface area contributed by atoms with Crippen molar-refractivity contribution >= 4 is 52.2 Å². The van der Waals surface area contributed by atoms with Crippen LogP contribution in [0.3, 0.4) is 0 Å². The molecule has 2 heterocycles. The average molecular weight is 362 g/mol. The van der Waals surface area contributed by atoms with E-state index in [9.17, 15) is 9.18 Å². The summed E-state index contributed by atoms with van der Waals surface area (Å²) in [4.78, 5) is 12.9. The first kappa shape index (κ1) is 15.2. The molecule has 0 bridgehead atoms. The summed E-state index contributed by atoms with van der Waals surface area (Å²) in [5, 5.41) is 2.92. The van der Waals surface area contributed by atoms with Crippen LogP contribution in [-0.2, 0) is 0 Å². The maximum absolute atomic E-state index is 13.8. The average Bonchev–Trinajstić information content (AvgIpc) is 2.79. The quantitative estimate of drug-likeness (QED) is 0.800. The molecular weight excluding hydrogens is 352 g/mol. The lowest BCUT2D eigenvalue weighted by atomic mass is 10.0. The summed E-state index contributed by atoms with van der Waals surface area (Å²) in [6.45, 7) is 0. The first-order valence-corrected chi connectivity index (χ1v) is 8.79. The highest BCUT2D eigenvalue weighted by atomic mass is 35.5. The molecule has 0 saturated carbocycles. The second kappa shape index (κ2) is 6.16. The minimum atomic E-state index is -0.282. The summed E-state index contributed by atoms with van der Waals surface area (Å²) < 4.78 is 14.6. The van der Waals surface area contributed by atoms with E-state index in [1.807, 2.05) is 6.07 Å². The van der Waals surface area contributed by atoms with Gasteiger partial charge in [-0.2, -0.15) is 0 Å². The van der Waals surface area contributed by atoms with Gasteiger partial charge >= 0.3 is 0 Å². The minimum Gasteiger partial charge on any atom is -0.345 e. The number of carbonyl (C=O) groups is 1. The molecule has 1 aromatic carbocycles. The zero-order chi connectivity index (χ0) is 15.0. The van der Waals surface area contributed by atoms with Gasteiger partial charge in [-0.25, -0.2) is 4.39 Å².